The number of likely N-dealkylation sites (N-methyl/N-ethyl adjacent to an activating group) is 1. The molecule has 0 aliphatic heterocycles. The van der Waals surface area contributed by atoms with Crippen LogP contribution in [-0.2, 0) is 6.54 Å². The van der Waals surface area contributed by atoms with Crippen LogP contribution in [0.15, 0.2) is 60.8 Å². The van der Waals surface area contributed by atoms with Crippen LogP contribution < -0.4 is 5.32 Å². The molecule has 0 saturated carbocycles. The van der Waals surface area contributed by atoms with Crippen LogP contribution in [0.1, 0.15) is 25.0 Å². The van der Waals surface area contributed by atoms with E-state index in [2.05, 4.69) is 78.9 Å². The number of hydrogen-bond donors (Lipinski definition) is 1. The fraction of sp³-hybridized carbons (Fsp3) is 0.391. The van der Waals surface area contributed by atoms with Crippen LogP contribution in [0.2, 0.25) is 5.02 Å². The van der Waals surface area contributed by atoms with E-state index in [0.29, 0.717) is 0 Å². The number of para-hydroxylation sites is 1. The molecule has 0 aliphatic carbocycles. The summed E-state index contributed by atoms with van der Waals surface area (Å²) in [5, 5.41) is 4.16. The van der Waals surface area contributed by atoms with Gasteiger partial charge in [0.25, 0.3) is 0 Å². The summed E-state index contributed by atoms with van der Waals surface area (Å²) in [5.41, 5.74) is 4.36. The molecule has 2 rings (SSSR count). The average Bonchev–Trinajstić information content (AvgIpc) is 2.66. The molecule has 0 aromatic heterocycles. The van der Waals surface area contributed by atoms with Crippen LogP contribution >= 0.6 is 11.6 Å². The van der Waals surface area contributed by atoms with Crippen molar-refractivity contribution in [2.75, 3.05) is 38.0 Å². The minimum absolute atomic E-state index is 0.730. The van der Waals surface area contributed by atoms with Gasteiger partial charge in [-0.05, 0) is 37.2 Å². The lowest BCUT2D eigenvalue weighted by atomic mass is 10.2. The zero-order chi connectivity index (χ0) is 19.6. The predicted octanol–water partition coefficient (Wildman–Crippen LogP) is 5.42. The van der Waals surface area contributed by atoms with Gasteiger partial charge in [0.2, 0.25) is 0 Å². The second-order valence-corrected chi connectivity index (χ2v) is 7.29. The first kappa shape index (κ1) is 21.5. The Balaban J connectivity index is 2.04. The first-order chi connectivity index (χ1) is 13.0. The molecule has 27 heavy (non-hydrogen) atoms. The maximum atomic E-state index is 6.36. The minimum Gasteiger partial charge on any atom is -0.357 e. The monoisotopic (exact) mass is 385 g/mol. The Bertz CT molecular complexity index is 691. The Kier molecular flexibility index (Phi) is 8.86. The van der Waals surface area contributed by atoms with Gasteiger partial charge < -0.3 is 10.2 Å². The second kappa shape index (κ2) is 11.1. The summed E-state index contributed by atoms with van der Waals surface area (Å²) in [4.78, 5) is 4.89. The summed E-state index contributed by atoms with van der Waals surface area (Å²) in [6.07, 6.45) is 0. The second-order valence-electron chi connectivity index (χ2n) is 6.88. The topological polar surface area (TPSA) is 18.5 Å². The van der Waals surface area contributed by atoms with E-state index < -0.39 is 0 Å². The lowest BCUT2D eigenvalue weighted by Gasteiger charge is -2.27. The number of nitrogens with one attached hydrogen (secondary N) is 1. The van der Waals surface area contributed by atoms with E-state index in [1.165, 1.54) is 5.56 Å². The standard InChI is InChI=1S/C23H32ClN3/c1-5-26(6-2)15-16-27(18-21-12-8-7-9-13-21)17-20(4)25-23-19(3)11-10-14-22(23)24/h7-14,25H,4-6,15-18H2,1-3H3. The van der Waals surface area contributed by atoms with Gasteiger partial charge in [-0.15, -0.1) is 0 Å². The number of benzene rings is 2. The van der Waals surface area contributed by atoms with Gasteiger partial charge >= 0.3 is 0 Å². The quantitative estimate of drug-likeness (QED) is 0.557. The molecule has 0 radical (unpaired) electrons. The fourth-order valence-corrected chi connectivity index (χ4v) is 3.42. The van der Waals surface area contributed by atoms with Gasteiger partial charge in [-0.25, -0.2) is 0 Å². The number of rotatable bonds is 11. The SMILES string of the molecule is C=C(CN(CCN(CC)CC)Cc1ccccc1)Nc1c(C)cccc1Cl. The highest BCUT2D eigenvalue weighted by Gasteiger charge is 2.12. The van der Waals surface area contributed by atoms with Crippen molar-refractivity contribution in [2.24, 2.45) is 0 Å². The van der Waals surface area contributed by atoms with Crippen LogP contribution in [0.25, 0.3) is 0 Å². The predicted molar refractivity (Wildman–Crippen MR) is 118 cm³/mol. The zero-order valence-electron chi connectivity index (χ0n) is 16.8. The molecule has 2 aromatic carbocycles. The van der Waals surface area contributed by atoms with Crippen molar-refractivity contribution in [1.29, 1.82) is 0 Å². The smallest absolute Gasteiger partial charge is 0.0643 e. The summed E-state index contributed by atoms with van der Waals surface area (Å²) in [6.45, 7) is 16.6. The van der Waals surface area contributed by atoms with E-state index >= 15 is 0 Å². The van der Waals surface area contributed by atoms with E-state index in [4.69, 9.17) is 11.6 Å². The van der Waals surface area contributed by atoms with Gasteiger partial charge in [-0.3, -0.25) is 4.90 Å². The lowest BCUT2D eigenvalue weighted by molar-refractivity contribution is 0.220. The van der Waals surface area contributed by atoms with Crippen molar-refractivity contribution >= 4 is 17.3 Å². The summed E-state index contributed by atoms with van der Waals surface area (Å²) in [6, 6.07) is 16.5. The van der Waals surface area contributed by atoms with E-state index in [9.17, 15) is 0 Å². The van der Waals surface area contributed by atoms with Gasteiger partial charge in [0.15, 0.2) is 0 Å². The summed E-state index contributed by atoms with van der Waals surface area (Å²) in [5.74, 6) is 0. The third-order valence-electron chi connectivity index (χ3n) is 4.81. The van der Waals surface area contributed by atoms with Crippen molar-refractivity contribution in [3.63, 3.8) is 0 Å². The van der Waals surface area contributed by atoms with E-state index in [1.54, 1.807) is 0 Å². The summed E-state index contributed by atoms with van der Waals surface area (Å²) in [7, 11) is 0. The van der Waals surface area contributed by atoms with Crippen molar-refractivity contribution in [3.05, 3.63) is 77.0 Å². The number of anilines is 1. The molecular weight excluding hydrogens is 354 g/mol. The van der Waals surface area contributed by atoms with Crippen LogP contribution in [0, 0.1) is 6.92 Å². The lowest BCUT2D eigenvalue weighted by Crippen LogP contribution is -2.36. The van der Waals surface area contributed by atoms with E-state index in [1.807, 2.05) is 12.1 Å². The molecule has 146 valence electrons. The van der Waals surface area contributed by atoms with Crippen LogP contribution in [0.4, 0.5) is 5.69 Å². The highest BCUT2D eigenvalue weighted by atomic mass is 35.5. The first-order valence-corrected chi connectivity index (χ1v) is 10.1. The van der Waals surface area contributed by atoms with Crippen LogP contribution in [-0.4, -0.2) is 42.5 Å². The highest BCUT2D eigenvalue weighted by molar-refractivity contribution is 6.33. The van der Waals surface area contributed by atoms with Crippen molar-refractivity contribution in [1.82, 2.24) is 9.80 Å². The largest absolute Gasteiger partial charge is 0.357 e. The minimum atomic E-state index is 0.730. The fourth-order valence-electron chi connectivity index (χ4n) is 3.15. The highest BCUT2D eigenvalue weighted by Crippen LogP contribution is 2.26. The Hall–Kier alpha value is -1.81. The van der Waals surface area contributed by atoms with Gasteiger partial charge in [0, 0.05) is 31.9 Å². The molecule has 0 amide bonds. The molecule has 0 fully saturated rings. The number of halogens is 1. The van der Waals surface area contributed by atoms with E-state index in [-0.39, 0.29) is 0 Å². The molecule has 0 bridgehead atoms. The van der Waals surface area contributed by atoms with Gasteiger partial charge in [-0.2, -0.15) is 0 Å². The molecule has 3 nitrogen and oxygen atoms in total. The summed E-state index contributed by atoms with van der Waals surface area (Å²) >= 11 is 6.36. The van der Waals surface area contributed by atoms with Crippen molar-refractivity contribution < 1.29 is 0 Å². The number of nitrogens with zero attached hydrogens (tertiary/aromatic N) is 2. The Morgan fingerprint density at radius 2 is 1.63 bits per heavy atom. The number of hydrogen-bond acceptors (Lipinski definition) is 3. The Labute approximate surface area is 169 Å². The molecule has 2 aromatic rings. The molecule has 0 aliphatic rings. The molecular formula is C23H32ClN3. The molecule has 4 heteroatoms. The Morgan fingerprint density at radius 1 is 0.963 bits per heavy atom. The molecule has 0 unspecified atom stereocenters. The normalized spacial score (nSPS) is 11.2. The van der Waals surface area contributed by atoms with Crippen molar-refractivity contribution in [3.8, 4) is 0 Å². The van der Waals surface area contributed by atoms with Crippen LogP contribution in [0.3, 0.4) is 0 Å². The van der Waals surface area contributed by atoms with Gasteiger partial charge in [0.1, 0.15) is 0 Å². The molecule has 1 N–H and O–H groups in total. The maximum absolute atomic E-state index is 6.36. The molecule has 0 saturated heterocycles. The molecule has 0 spiro atoms. The van der Waals surface area contributed by atoms with E-state index in [0.717, 1.165) is 61.2 Å². The average molecular weight is 386 g/mol. The van der Waals surface area contributed by atoms with Crippen LogP contribution in [0.5, 0.6) is 0 Å². The van der Waals surface area contributed by atoms with Crippen molar-refractivity contribution in [2.45, 2.75) is 27.3 Å². The first-order valence-electron chi connectivity index (χ1n) is 9.72. The third-order valence-corrected chi connectivity index (χ3v) is 5.13. The molecule has 0 heterocycles. The maximum Gasteiger partial charge on any atom is 0.0643 e. The zero-order valence-corrected chi connectivity index (χ0v) is 17.6. The van der Waals surface area contributed by atoms with Gasteiger partial charge in [0.05, 0.1) is 10.7 Å². The molecule has 0 atom stereocenters. The van der Waals surface area contributed by atoms with Gasteiger partial charge in [-0.1, -0.05) is 74.5 Å². The summed E-state index contributed by atoms with van der Waals surface area (Å²) < 4.78 is 0. The number of aryl methyl sites for hydroxylation is 1. The third kappa shape index (κ3) is 7.02. The Morgan fingerprint density at radius 3 is 2.26 bits per heavy atom.